The van der Waals surface area contributed by atoms with Crippen LogP contribution in [-0.4, -0.2) is 23.0 Å². The van der Waals surface area contributed by atoms with Crippen molar-refractivity contribution in [2.75, 3.05) is 5.32 Å². The summed E-state index contributed by atoms with van der Waals surface area (Å²) in [6.45, 7) is 1.73. The highest BCUT2D eigenvalue weighted by Crippen LogP contribution is 2.11. The van der Waals surface area contributed by atoms with Gasteiger partial charge in [-0.2, -0.15) is 0 Å². The molecule has 0 aliphatic rings. The molecule has 1 rings (SSSR count). The zero-order chi connectivity index (χ0) is 12.1. The molecular formula is C11H14N2O3. The van der Waals surface area contributed by atoms with Gasteiger partial charge in [0.2, 0.25) is 5.91 Å². The molecule has 1 aromatic carbocycles. The summed E-state index contributed by atoms with van der Waals surface area (Å²) in [5, 5.41) is 11.3. The smallest absolute Gasteiger partial charge is 0.335 e. The number of hydrogen-bond donors (Lipinski definition) is 3. The number of carbonyl (C=O) groups is 2. The van der Waals surface area contributed by atoms with Crippen LogP contribution in [-0.2, 0) is 4.79 Å². The van der Waals surface area contributed by atoms with Gasteiger partial charge in [-0.1, -0.05) is 6.07 Å². The van der Waals surface area contributed by atoms with Gasteiger partial charge in [0.1, 0.15) is 0 Å². The monoisotopic (exact) mass is 222 g/mol. The molecule has 5 nitrogen and oxygen atoms in total. The molecule has 1 atom stereocenters. The average Bonchev–Trinajstić information content (AvgIpc) is 2.16. The van der Waals surface area contributed by atoms with E-state index >= 15 is 0 Å². The molecule has 86 valence electrons. The second-order valence-electron chi connectivity index (χ2n) is 3.62. The minimum Gasteiger partial charge on any atom is -0.478 e. The largest absolute Gasteiger partial charge is 0.478 e. The van der Waals surface area contributed by atoms with Gasteiger partial charge in [-0.15, -0.1) is 0 Å². The Balaban J connectivity index is 2.70. The third kappa shape index (κ3) is 3.70. The molecule has 0 aromatic heterocycles. The number of aromatic carboxylic acids is 1. The van der Waals surface area contributed by atoms with Gasteiger partial charge in [-0.25, -0.2) is 4.79 Å². The van der Waals surface area contributed by atoms with Crippen molar-refractivity contribution in [3.8, 4) is 0 Å². The minimum absolute atomic E-state index is 0.138. The third-order valence-corrected chi connectivity index (χ3v) is 1.90. The van der Waals surface area contributed by atoms with Crippen LogP contribution in [0.25, 0.3) is 0 Å². The van der Waals surface area contributed by atoms with Crippen LogP contribution in [0.1, 0.15) is 23.7 Å². The number of carboxylic acids is 1. The Morgan fingerprint density at radius 1 is 1.50 bits per heavy atom. The van der Waals surface area contributed by atoms with Gasteiger partial charge in [0.15, 0.2) is 0 Å². The zero-order valence-electron chi connectivity index (χ0n) is 8.93. The molecular weight excluding hydrogens is 208 g/mol. The lowest BCUT2D eigenvalue weighted by Crippen LogP contribution is -2.24. The van der Waals surface area contributed by atoms with E-state index in [4.69, 9.17) is 10.8 Å². The van der Waals surface area contributed by atoms with Crippen molar-refractivity contribution in [2.24, 2.45) is 5.73 Å². The molecule has 0 spiro atoms. The highest BCUT2D eigenvalue weighted by atomic mass is 16.4. The van der Waals surface area contributed by atoms with Gasteiger partial charge in [-0.3, -0.25) is 4.79 Å². The van der Waals surface area contributed by atoms with E-state index < -0.39 is 5.97 Å². The fourth-order valence-electron chi connectivity index (χ4n) is 1.23. The maximum Gasteiger partial charge on any atom is 0.335 e. The van der Waals surface area contributed by atoms with E-state index in [1.54, 1.807) is 19.1 Å². The first-order chi connectivity index (χ1) is 7.49. The molecule has 0 heterocycles. The molecule has 1 unspecified atom stereocenters. The predicted molar refractivity (Wildman–Crippen MR) is 60.3 cm³/mol. The first-order valence-corrected chi connectivity index (χ1v) is 4.88. The number of hydrogen-bond acceptors (Lipinski definition) is 3. The zero-order valence-corrected chi connectivity index (χ0v) is 8.93. The van der Waals surface area contributed by atoms with E-state index in [0.29, 0.717) is 5.69 Å². The van der Waals surface area contributed by atoms with E-state index in [-0.39, 0.29) is 23.9 Å². The molecule has 0 bridgehead atoms. The van der Waals surface area contributed by atoms with Crippen molar-refractivity contribution in [1.82, 2.24) is 0 Å². The van der Waals surface area contributed by atoms with E-state index in [2.05, 4.69) is 5.32 Å². The van der Waals surface area contributed by atoms with Crippen LogP contribution in [0.5, 0.6) is 0 Å². The van der Waals surface area contributed by atoms with Gasteiger partial charge in [-0.05, 0) is 25.1 Å². The Labute approximate surface area is 93.3 Å². The molecule has 0 aliphatic carbocycles. The van der Waals surface area contributed by atoms with E-state index in [9.17, 15) is 9.59 Å². The molecule has 0 saturated carbocycles. The maximum absolute atomic E-state index is 11.4. The lowest BCUT2D eigenvalue weighted by Gasteiger charge is -2.07. The van der Waals surface area contributed by atoms with Gasteiger partial charge >= 0.3 is 5.97 Å². The lowest BCUT2D eigenvalue weighted by molar-refractivity contribution is -0.116. The van der Waals surface area contributed by atoms with Crippen LogP contribution < -0.4 is 11.1 Å². The topological polar surface area (TPSA) is 92.4 Å². The van der Waals surface area contributed by atoms with Crippen molar-refractivity contribution in [3.05, 3.63) is 29.8 Å². The Hall–Kier alpha value is -1.88. The molecule has 0 aliphatic heterocycles. The summed E-state index contributed by atoms with van der Waals surface area (Å²) >= 11 is 0. The summed E-state index contributed by atoms with van der Waals surface area (Å²) < 4.78 is 0. The molecule has 5 heteroatoms. The van der Waals surface area contributed by atoms with Crippen molar-refractivity contribution in [3.63, 3.8) is 0 Å². The van der Waals surface area contributed by atoms with Gasteiger partial charge in [0, 0.05) is 18.2 Å². The summed E-state index contributed by atoms with van der Waals surface area (Å²) in [6, 6.07) is 5.85. The Bertz CT molecular complexity index is 402. The summed E-state index contributed by atoms with van der Waals surface area (Å²) in [6.07, 6.45) is 0.206. The number of nitrogens with two attached hydrogens (primary N) is 1. The van der Waals surface area contributed by atoms with E-state index in [0.717, 1.165) is 0 Å². The summed E-state index contributed by atoms with van der Waals surface area (Å²) in [5.74, 6) is -1.25. The van der Waals surface area contributed by atoms with Crippen LogP contribution in [0.4, 0.5) is 5.69 Å². The number of amides is 1. The normalized spacial score (nSPS) is 11.9. The highest BCUT2D eigenvalue weighted by molar-refractivity contribution is 5.94. The van der Waals surface area contributed by atoms with Crippen LogP contribution >= 0.6 is 0 Å². The lowest BCUT2D eigenvalue weighted by atomic mass is 10.2. The Morgan fingerprint density at radius 3 is 2.75 bits per heavy atom. The number of benzene rings is 1. The quantitative estimate of drug-likeness (QED) is 0.710. The van der Waals surface area contributed by atoms with E-state index in [1.807, 2.05) is 0 Å². The number of carboxylic acid groups (broad SMARTS) is 1. The Kier molecular flexibility index (Phi) is 4.02. The third-order valence-electron chi connectivity index (χ3n) is 1.90. The van der Waals surface area contributed by atoms with Crippen LogP contribution in [0.3, 0.4) is 0 Å². The fourth-order valence-corrected chi connectivity index (χ4v) is 1.23. The van der Waals surface area contributed by atoms with Crippen molar-refractivity contribution in [2.45, 2.75) is 19.4 Å². The van der Waals surface area contributed by atoms with Crippen LogP contribution in [0.15, 0.2) is 24.3 Å². The van der Waals surface area contributed by atoms with Crippen molar-refractivity contribution < 1.29 is 14.7 Å². The predicted octanol–water partition coefficient (Wildman–Crippen LogP) is 1.06. The SMILES string of the molecule is CC(N)CC(=O)Nc1cccc(C(=O)O)c1. The fraction of sp³-hybridized carbons (Fsp3) is 0.273. The van der Waals surface area contributed by atoms with E-state index in [1.165, 1.54) is 12.1 Å². The Morgan fingerprint density at radius 2 is 2.19 bits per heavy atom. The standard InChI is InChI=1S/C11H14N2O3/c1-7(12)5-10(14)13-9-4-2-3-8(6-9)11(15)16/h2-4,6-7H,5,12H2,1H3,(H,13,14)(H,15,16). The second-order valence-corrected chi connectivity index (χ2v) is 3.62. The number of carbonyl (C=O) groups excluding carboxylic acids is 1. The summed E-state index contributed by atoms with van der Waals surface area (Å²) in [7, 11) is 0. The molecule has 4 N–H and O–H groups in total. The number of rotatable bonds is 4. The van der Waals surface area contributed by atoms with Gasteiger partial charge < -0.3 is 16.2 Å². The van der Waals surface area contributed by atoms with Gasteiger partial charge in [0.25, 0.3) is 0 Å². The average molecular weight is 222 g/mol. The molecule has 0 saturated heterocycles. The van der Waals surface area contributed by atoms with Crippen LogP contribution in [0.2, 0.25) is 0 Å². The molecule has 1 amide bonds. The first-order valence-electron chi connectivity index (χ1n) is 4.88. The first kappa shape index (κ1) is 12.2. The number of anilines is 1. The molecule has 0 radical (unpaired) electrons. The highest BCUT2D eigenvalue weighted by Gasteiger charge is 2.07. The maximum atomic E-state index is 11.4. The van der Waals surface area contributed by atoms with Gasteiger partial charge in [0.05, 0.1) is 5.56 Å². The summed E-state index contributed by atoms with van der Waals surface area (Å²) in [5.41, 5.74) is 6.07. The second kappa shape index (κ2) is 5.27. The van der Waals surface area contributed by atoms with Crippen molar-refractivity contribution in [1.29, 1.82) is 0 Å². The number of nitrogens with one attached hydrogen (secondary N) is 1. The van der Waals surface area contributed by atoms with Crippen LogP contribution in [0, 0.1) is 0 Å². The molecule has 0 fully saturated rings. The molecule has 16 heavy (non-hydrogen) atoms. The minimum atomic E-state index is -1.02. The summed E-state index contributed by atoms with van der Waals surface area (Å²) in [4.78, 5) is 22.0. The molecule has 1 aromatic rings. The van der Waals surface area contributed by atoms with Crippen molar-refractivity contribution >= 4 is 17.6 Å².